The molecule has 124 valence electrons. The van der Waals surface area contributed by atoms with Crippen molar-refractivity contribution in [3.63, 3.8) is 0 Å². The highest BCUT2D eigenvalue weighted by Gasteiger charge is 2.28. The van der Waals surface area contributed by atoms with Crippen LogP contribution < -0.4 is 0 Å². The van der Waals surface area contributed by atoms with Crippen LogP contribution in [0.1, 0.15) is 17.3 Å². The molecule has 1 aliphatic heterocycles. The van der Waals surface area contributed by atoms with Crippen molar-refractivity contribution >= 4 is 16.8 Å². The lowest BCUT2D eigenvalue weighted by Gasteiger charge is -2.38. The van der Waals surface area contributed by atoms with Crippen LogP contribution >= 0.6 is 0 Å². The normalized spacial score (nSPS) is 19.4. The zero-order chi connectivity index (χ0) is 16.4. The van der Waals surface area contributed by atoms with E-state index in [2.05, 4.69) is 29.5 Å². The predicted molar refractivity (Wildman–Crippen MR) is 91.8 cm³/mol. The summed E-state index contributed by atoms with van der Waals surface area (Å²) < 4.78 is 7.31. The Balaban J connectivity index is 1.94. The van der Waals surface area contributed by atoms with Gasteiger partial charge in [0.2, 0.25) is 0 Å². The van der Waals surface area contributed by atoms with Gasteiger partial charge in [-0.2, -0.15) is 0 Å². The lowest BCUT2D eigenvalue weighted by molar-refractivity contribution is 0.0535. The van der Waals surface area contributed by atoms with E-state index in [1.807, 2.05) is 29.3 Å². The molecular weight excluding hydrogens is 290 g/mol. The fraction of sp³-hybridized carbons (Fsp3) is 0.500. The third kappa shape index (κ3) is 3.12. The lowest BCUT2D eigenvalue weighted by Crippen LogP contribution is -2.52. The number of fused-ring (bicyclic) bond motifs is 1. The van der Waals surface area contributed by atoms with E-state index < -0.39 is 0 Å². The van der Waals surface area contributed by atoms with Crippen molar-refractivity contribution in [2.75, 3.05) is 40.4 Å². The Kier molecular flexibility index (Phi) is 4.68. The van der Waals surface area contributed by atoms with E-state index in [4.69, 9.17) is 4.74 Å². The maximum absolute atomic E-state index is 13.1. The van der Waals surface area contributed by atoms with Gasteiger partial charge in [-0.25, -0.2) is 0 Å². The van der Waals surface area contributed by atoms with Crippen LogP contribution in [0, 0.1) is 0 Å². The summed E-state index contributed by atoms with van der Waals surface area (Å²) in [6, 6.07) is 8.34. The van der Waals surface area contributed by atoms with Gasteiger partial charge in [-0.05, 0) is 20.0 Å². The number of methoxy groups -OCH3 is 1. The first-order valence-electron chi connectivity index (χ1n) is 8.18. The molecule has 0 radical (unpaired) electrons. The fourth-order valence-electron chi connectivity index (χ4n) is 3.39. The van der Waals surface area contributed by atoms with Crippen molar-refractivity contribution in [2.45, 2.75) is 19.5 Å². The van der Waals surface area contributed by atoms with Crippen molar-refractivity contribution in [2.24, 2.45) is 0 Å². The molecule has 1 amide bonds. The summed E-state index contributed by atoms with van der Waals surface area (Å²) in [6.07, 6.45) is 1.98. The Bertz CT molecular complexity index is 695. The molecule has 2 aromatic rings. The van der Waals surface area contributed by atoms with Crippen molar-refractivity contribution in [1.29, 1.82) is 0 Å². The molecule has 1 atom stereocenters. The van der Waals surface area contributed by atoms with Crippen LogP contribution in [0.3, 0.4) is 0 Å². The number of amides is 1. The average Bonchev–Trinajstić information content (AvgIpc) is 2.91. The van der Waals surface area contributed by atoms with E-state index in [-0.39, 0.29) is 11.9 Å². The van der Waals surface area contributed by atoms with E-state index in [0.717, 1.165) is 42.6 Å². The number of carbonyl (C=O) groups excluding carboxylic acids is 1. The molecule has 0 spiro atoms. The van der Waals surface area contributed by atoms with Gasteiger partial charge in [-0.15, -0.1) is 0 Å². The minimum Gasteiger partial charge on any atom is -0.383 e. The molecule has 1 aromatic heterocycles. The monoisotopic (exact) mass is 315 g/mol. The third-order valence-electron chi connectivity index (χ3n) is 4.65. The fourth-order valence-corrected chi connectivity index (χ4v) is 3.39. The van der Waals surface area contributed by atoms with E-state index in [0.29, 0.717) is 6.61 Å². The first kappa shape index (κ1) is 16.0. The quantitative estimate of drug-likeness (QED) is 0.867. The second kappa shape index (κ2) is 6.72. The van der Waals surface area contributed by atoms with Crippen molar-refractivity contribution in [3.8, 4) is 0 Å². The SMILES string of the molecule is COCCn1cc(C(=O)N2CCN(C)CC2C)c2ccccc21. The number of likely N-dealkylation sites (N-methyl/N-ethyl adjacent to an activating group) is 1. The average molecular weight is 315 g/mol. The highest BCUT2D eigenvalue weighted by atomic mass is 16.5. The number of para-hydroxylation sites is 1. The summed E-state index contributed by atoms with van der Waals surface area (Å²) >= 11 is 0. The maximum atomic E-state index is 13.1. The molecular formula is C18H25N3O2. The second-order valence-corrected chi connectivity index (χ2v) is 6.36. The van der Waals surface area contributed by atoms with Gasteiger partial charge in [0, 0.05) is 56.4 Å². The van der Waals surface area contributed by atoms with Crippen LogP contribution in [0.2, 0.25) is 0 Å². The zero-order valence-electron chi connectivity index (χ0n) is 14.2. The molecule has 0 bridgehead atoms. The van der Waals surface area contributed by atoms with Gasteiger partial charge in [0.05, 0.1) is 12.2 Å². The summed E-state index contributed by atoms with van der Waals surface area (Å²) in [7, 11) is 3.80. The number of benzene rings is 1. The first-order chi connectivity index (χ1) is 11.1. The number of carbonyl (C=O) groups is 1. The zero-order valence-corrected chi connectivity index (χ0v) is 14.2. The highest BCUT2D eigenvalue weighted by molar-refractivity contribution is 6.07. The minimum atomic E-state index is 0.137. The molecule has 1 saturated heterocycles. The van der Waals surface area contributed by atoms with Gasteiger partial charge in [-0.1, -0.05) is 18.2 Å². The number of piperazine rings is 1. The Morgan fingerprint density at radius 1 is 1.30 bits per heavy atom. The van der Waals surface area contributed by atoms with Gasteiger partial charge in [0.25, 0.3) is 5.91 Å². The van der Waals surface area contributed by atoms with Crippen molar-refractivity contribution in [3.05, 3.63) is 36.0 Å². The Labute approximate surface area is 137 Å². The van der Waals surface area contributed by atoms with Crippen molar-refractivity contribution in [1.82, 2.24) is 14.4 Å². The van der Waals surface area contributed by atoms with E-state index >= 15 is 0 Å². The number of rotatable bonds is 4. The van der Waals surface area contributed by atoms with Crippen LogP contribution in [-0.2, 0) is 11.3 Å². The Morgan fingerprint density at radius 3 is 2.83 bits per heavy atom. The number of hydrogen-bond donors (Lipinski definition) is 0. The molecule has 0 N–H and O–H groups in total. The largest absolute Gasteiger partial charge is 0.383 e. The molecule has 1 unspecified atom stereocenters. The number of nitrogens with zero attached hydrogens (tertiary/aromatic N) is 3. The highest BCUT2D eigenvalue weighted by Crippen LogP contribution is 2.24. The molecule has 5 nitrogen and oxygen atoms in total. The summed E-state index contributed by atoms with van der Waals surface area (Å²) in [5.41, 5.74) is 1.89. The topological polar surface area (TPSA) is 37.7 Å². The number of ether oxygens (including phenoxy) is 1. The standard InChI is InChI=1S/C18H25N3O2/c1-14-12-19(2)8-9-21(14)18(22)16-13-20(10-11-23-3)17-7-5-4-6-15(16)17/h4-7,13-14H,8-12H2,1-3H3. The summed E-state index contributed by atoms with van der Waals surface area (Å²) in [4.78, 5) is 17.4. The van der Waals surface area contributed by atoms with E-state index in [1.165, 1.54) is 0 Å². The summed E-state index contributed by atoms with van der Waals surface area (Å²) in [5, 5.41) is 1.03. The van der Waals surface area contributed by atoms with Crippen LogP contribution in [0.15, 0.2) is 30.5 Å². The van der Waals surface area contributed by atoms with Crippen molar-refractivity contribution < 1.29 is 9.53 Å². The number of hydrogen-bond acceptors (Lipinski definition) is 3. The van der Waals surface area contributed by atoms with Crippen LogP contribution in [0.4, 0.5) is 0 Å². The molecule has 5 heteroatoms. The summed E-state index contributed by atoms with van der Waals surface area (Å²) in [6.45, 7) is 6.15. The van der Waals surface area contributed by atoms with E-state index in [9.17, 15) is 4.79 Å². The first-order valence-corrected chi connectivity index (χ1v) is 8.18. The smallest absolute Gasteiger partial charge is 0.256 e. The Morgan fingerprint density at radius 2 is 2.09 bits per heavy atom. The van der Waals surface area contributed by atoms with Crippen LogP contribution in [-0.4, -0.2) is 66.7 Å². The molecule has 2 heterocycles. The molecule has 23 heavy (non-hydrogen) atoms. The van der Waals surface area contributed by atoms with Gasteiger partial charge >= 0.3 is 0 Å². The maximum Gasteiger partial charge on any atom is 0.256 e. The van der Waals surface area contributed by atoms with Crippen LogP contribution in [0.5, 0.6) is 0 Å². The number of aromatic nitrogens is 1. The van der Waals surface area contributed by atoms with Gasteiger partial charge in [0.15, 0.2) is 0 Å². The van der Waals surface area contributed by atoms with Gasteiger partial charge in [-0.3, -0.25) is 4.79 Å². The summed E-state index contributed by atoms with van der Waals surface area (Å²) in [5.74, 6) is 0.137. The molecule has 1 fully saturated rings. The second-order valence-electron chi connectivity index (χ2n) is 6.36. The molecule has 0 aliphatic carbocycles. The third-order valence-corrected chi connectivity index (χ3v) is 4.65. The molecule has 1 aliphatic rings. The Hall–Kier alpha value is -1.85. The van der Waals surface area contributed by atoms with Gasteiger partial charge in [0.1, 0.15) is 0 Å². The van der Waals surface area contributed by atoms with E-state index in [1.54, 1.807) is 7.11 Å². The predicted octanol–water partition coefficient (Wildman–Crippen LogP) is 2.06. The van der Waals surface area contributed by atoms with Crippen LogP contribution in [0.25, 0.3) is 10.9 Å². The molecule has 3 rings (SSSR count). The lowest BCUT2D eigenvalue weighted by atomic mass is 10.1. The van der Waals surface area contributed by atoms with Gasteiger partial charge < -0.3 is 19.1 Å². The molecule has 0 saturated carbocycles. The minimum absolute atomic E-state index is 0.137. The molecule has 1 aromatic carbocycles.